The van der Waals surface area contributed by atoms with Crippen molar-refractivity contribution >= 4 is 15.9 Å². The van der Waals surface area contributed by atoms with Crippen LogP contribution in [0, 0.1) is 12.8 Å². The van der Waals surface area contributed by atoms with Crippen LogP contribution in [0.15, 0.2) is 22.7 Å². The van der Waals surface area contributed by atoms with E-state index in [1.807, 2.05) is 0 Å². The van der Waals surface area contributed by atoms with Gasteiger partial charge in [-0.15, -0.1) is 0 Å². The maximum absolute atomic E-state index is 6.20. The van der Waals surface area contributed by atoms with Crippen LogP contribution in [-0.2, 0) is 0 Å². The normalized spacial score (nSPS) is 24.6. The summed E-state index contributed by atoms with van der Waals surface area (Å²) in [4.78, 5) is 0. The number of hydrogen-bond acceptors (Lipinski definition) is 1. The second-order valence-electron chi connectivity index (χ2n) is 5.04. The van der Waals surface area contributed by atoms with Gasteiger partial charge in [-0.3, -0.25) is 0 Å². The first-order valence-electron chi connectivity index (χ1n) is 6.63. The third-order valence-corrected chi connectivity index (χ3v) is 4.35. The minimum Gasteiger partial charge on any atom is -0.489 e. The highest BCUT2D eigenvalue weighted by atomic mass is 79.9. The first kappa shape index (κ1) is 12.9. The maximum atomic E-state index is 6.20. The summed E-state index contributed by atoms with van der Waals surface area (Å²) >= 11 is 3.59. The molecule has 1 aliphatic rings. The Kier molecular flexibility index (Phi) is 4.49. The summed E-state index contributed by atoms with van der Waals surface area (Å²) in [6, 6.07) is 6.32. The van der Waals surface area contributed by atoms with Crippen LogP contribution in [0.1, 0.15) is 44.6 Å². The van der Waals surface area contributed by atoms with E-state index in [4.69, 9.17) is 4.74 Å². The average molecular weight is 297 g/mol. The summed E-state index contributed by atoms with van der Waals surface area (Å²) in [6.45, 7) is 4.38. The minimum atomic E-state index is 0.410. The molecule has 0 N–H and O–H groups in total. The van der Waals surface area contributed by atoms with Gasteiger partial charge in [-0.2, -0.15) is 0 Å². The first-order valence-corrected chi connectivity index (χ1v) is 7.43. The summed E-state index contributed by atoms with van der Waals surface area (Å²) in [5.74, 6) is 1.73. The van der Waals surface area contributed by atoms with Gasteiger partial charge >= 0.3 is 0 Å². The molecule has 0 amide bonds. The topological polar surface area (TPSA) is 9.23 Å². The van der Waals surface area contributed by atoms with Crippen LogP contribution >= 0.6 is 15.9 Å². The highest BCUT2D eigenvalue weighted by Crippen LogP contribution is 2.33. The van der Waals surface area contributed by atoms with Crippen molar-refractivity contribution in [2.45, 2.75) is 52.1 Å². The fourth-order valence-corrected chi connectivity index (χ4v) is 3.25. The van der Waals surface area contributed by atoms with E-state index >= 15 is 0 Å². The van der Waals surface area contributed by atoms with Crippen molar-refractivity contribution in [2.24, 2.45) is 5.92 Å². The Morgan fingerprint density at radius 2 is 2.06 bits per heavy atom. The van der Waals surface area contributed by atoms with Crippen LogP contribution in [0.2, 0.25) is 0 Å². The fraction of sp³-hybridized carbons (Fsp3) is 0.600. The zero-order chi connectivity index (χ0) is 12.3. The monoisotopic (exact) mass is 296 g/mol. The van der Waals surface area contributed by atoms with Crippen molar-refractivity contribution in [1.29, 1.82) is 0 Å². The Hall–Kier alpha value is -0.500. The molecule has 1 aliphatic carbocycles. The molecule has 0 saturated heterocycles. The molecule has 1 saturated carbocycles. The standard InChI is InChI=1S/C15H21BrO/c1-3-12-6-4-5-7-14(12)17-15-9-8-11(2)10-13(15)16/h8-10,12,14H,3-7H2,1-2H3. The molecule has 0 aromatic heterocycles. The van der Waals surface area contributed by atoms with Crippen LogP contribution in [0.5, 0.6) is 5.75 Å². The number of ether oxygens (including phenoxy) is 1. The van der Waals surface area contributed by atoms with E-state index < -0.39 is 0 Å². The zero-order valence-electron chi connectivity index (χ0n) is 10.7. The number of halogens is 1. The van der Waals surface area contributed by atoms with Gasteiger partial charge in [0.25, 0.3) is 0 Å². The lowest BCUT2D eigenvalue weighted by Crippen LogP contribution is -2.30. The molecule has 2 atom stereocenters. The second-order valence-corrected chi connectivity index (χ2v) is 5.90. The molecule has 0 heterocycles. The maximum Gasteiger partial charge on any atom is 0.133 e. The van der Waals surface area contributed by atoms with Crippen molar-refractivity contribution in [2.75, 3.05) is 0 Å². The predicted molar refractivity (Wildman–Crippen MR) is 75.5 cm³/mol. The molecule has 0 radical (unpaired) electrons. The number of hydrogen-bond donors (Lipinski definition) is 0. The van der Waals surface area contributed by atoms with Crippen molar-refractivity contribution < 1.29 is 4.74 Å². The number of aryl methyl sites for hydroxylation is 1. The Morgan fingerprint density at radius 3 is 2.76 bits per heavy atom. The lowest BCUT2D eigenvalue weighted by molar-refractivity contribution is 0.0896. The highest BCUT2D eigenvalue weighted by molar-refractivity contribution is 9.10. The third kappa shape index (κ3) is 3.25. The van der Waals surface area contributed by atoms with Gasteiger partial charge in [0.1, 0.15) is 11.9 Å². The van der Waals surface area contributed by atoms with Gasteiger partial charge in [0.2, 0.25) is 0 Å². The number of rotatable bonds is 3. The first-order chi connectivity index (χ1) is 8.20. The molecule has 0 bridgehead atoms. The Labute approximate surface area is 113 Å². The highest BCUT2D eigenvalue weighted by Gasteiger charge is 2.25. The van der Waals surface area contributed by atoms with Crippen molar-refractivity contribution in [3.05, 3.63) is 28.2 Å². The van der Waals surface area contributed by atoms with Crippen molar-refractivity contribution in [3.63, 3.8) is 0 Å². The molecule has 2 heteroatoms. The van der Waals surface area contributed by atoms with Crippen LogP contribution in [-0.4, -0.2) is 6.10 Å². The summed E-state index contributed by atoms with van der Waals surface area (Å²) in [5, 5.41) is 0. The third-order valence-electron chi connectivity index (χ3n) is 3.73. The summed E-state index contributed by atoms with van der Waals surface area (Å²) < 4.78 is 7.28. The van der Waals surface area contributed by atoms with Crippen LogP contribution < -0.4 is 4.74 Å². The molecular weight excluding hydrogens is 276 g/mol. The Morgan fingerprint density at radius 1 is 1.29 bits per heavy atom. The molecular formula is C15H21BrO. The molecule has 0 spiro atoms. The van der Waals surface area contributed by atoms with E-state index in [1.54, 1.807) is 0 Å². The van der Waals surface area contributed by atoms with E-state index in [9.17, 15) is 0 Å². The molecule has 0 aliphatic heterocycles. The lowest BCUT2D eigenvalue weighted by atomic mass is 9.85. The molecule has 1 nitrogen and oxygen atoms in total. The van der Waals surface area contributed by atoms with E-state index in [0.29, 0.717) is 6.10 Å². The van der Waals surface area contributed by atoms with Gasteiger partial charge < -0.3 is 4.74 Å². The number of benzene rings is 1. The molecule has 94 valence electrons. The SMILES string of the molecule is CCC1CCCCC1Oc1ccc(C)cc1Br. The quantitative estimate of drug-likeness (QED) is 0.753. The molecule has 2 rings (SSSR count). The van der Waals surface area contributed by atoms with Gasteiger partial charge in [-0.05, 0) is 72.2 Å². The summed E-state index contributed by atoms with van der Waals surface area (Å²) in [7, 11) is 0. The summed E-state index contributed by atoms with van der Waals surface area (Å²) in [5.41, 5.74) is 1.26. The Balaban J connectivity index is 2.08. The van der Waals surface area contributed by atoms with Crippen LogP contribution in [0.25, 0.3) is 0 Å². The second kappa shape index (κ2) is 5.90. The van der Waals surface area contributed by atoms with E-state index in [1.165, 1.54) is 37.7 Å². The summed E-state index contributed by atoms with van der Waals surface area (Å²) in [6.07, 6.45) is 6.85. The van der Waals surface area contributed by atoms with Crippen molar-refractivity contribution in [1.82, 2.24) is 0 Å². The van der Waals surface area contributed by atoms with Gasteiger partial charge in [0.05, 0.1) is 4.47 Å². The van der Waals surface area contributed by atoms with Crippen molar-refractivity contribution in [3.8, 4) is 5.75 Å². The van der Waals surface area contributed by atoms with Gasteiger partial charge in [-0.25, -0.2) is 0 Å². The Bertz CT molecular complexity index is 375. The van der Waals surface area contributed by atoms with Gasteiger partial charge in [0.15, 0.2) is 0 Å². The molecule has 1 aromatic carbocycles. The smallest absolute Gasteiger partial charge is 0.133 e. The average Bonchev–Trinajstić information content (AvgIpc) is 2.33. The predicted octanol–water partition coefficient (Wildman–Crippen LogP) is 5.11. The van der Waals surface area contributed by atoms with E-state index in [-0.39, 0.29) is 0 Å². The van der Waals surface area contributed by atoms with E-state index in [2.05, 4.69) is 48.0 Å². The minimum absolute atomic E-state index is 0.410. The lowest BCUT2D eigenvalue weighted by Gasteiger charge is -2.31. The van der Waals surface area contributed by atoms with E-state index in [0.717, 1.165) is 16.1 Å². The molecule has 17 heavy (non-hydrogen) atoms. The van der Waals surface area contributed by atoms with Crippen LogP contribution in [0.3, 0.4) is 0 Å². The van der Waals surface area contributed by atoms with Gasteiger partial charge in [-0.1, -0.05) is 19.4 Å². The largest absolute Gasteiger partial charge is 0.489 e. The molecule has 1 aromatic rings. The fourth-order valence-electron chi connectivity index (χ4n) is 2.66. The molecule has 2 unspecified atom stereocenters. The molecule has 1 fully saturated rings. The zero-order valence-corrected chi connectivity index (χ0v) is 12.3. The van der Waals surface area contributed by atoms with Gasteiger partial charge in [0, 0.05) is 0 Å². The van der Waals surface area contributed by atoms with Crippen LogP contribution in [0.4, 0.5) is 0 Å².